The van der Waals surface area contributed by atoms with Gasteiger partial charge in [0.15, 0.2) is 0 Å². The van der Waals surface area contributed by atoms with Crippen molar-refractivity contribution in [3.8, 4) is 0 Å². The largest absolute Gasteiger partial charge is 0.356 e. The topological polar surface area (TPSA) is 74.0 Å². The highest BCUT2D eigenvalue weighted by atomic mass is 79.9. The van der Waals surface area contributed by atoms with E-state index in [-0.39, 0.29) is 11.8 Å². The van der Waals surface area contributed by atoms with E-state index in [1.165, 1.54) is 0 Å². The average Bonchev–Trinajstić information content (AvgIpc) is 2.85. The maximum atomic E-state index is 12.0. The first-order valence-corrected chi connectivity index (χ1v) is 6.37. The van der Waals surface area contributed by atoms with Crippen LogP contribution in [0.15, 0.2) is 41.0 Å². The van der Waals surface area contributed by atoms with Crippen LogP contribution in [-0.2, 0) is 0 Å². The van der Waals surface area contributed by atoms with Gasteiger partial charge in [0, 0.05) is 17.7 Å². The SMILES string of the molecule is CNC(=O)c1ccccc1NC(=O)c1cc(Br)c[nH]1. The molecule has 0 saturated heterocycles. The fraction of sp³-hybridized carbons (Fsp3) is 0.0769. The summed E-state index contributed by atoms with van der Waals surface area (Å²) in [6, 6.07) is 8.50. The molecule has 1 aromatic carbocycles. The van der Waals surface area contributed by atoms with Crippen LogP contribution >= 0.6 is 15.9 Å². The van der Waals surface area contributed by atoms with Crippen LogP contribution in [0.5, 0.6) is 0 Å². The maximum absolute atomic E-state index is 12.0. The fourth-order valence-corrected chi connectivity index (χ4v) is 1.96. The normalized spacial score (nSPS) is 10.0. The Labute approximate surface area is 118 Å². The Kier molecular flexibility index (Phi) is 4.01. The van der Waals surface area contributed by atoms with E-state index in [4.69, 9.17) is 0 Å². The van der Waals surface area contributed by atoms with Gasteiger partial charge in [-0.1, -0.05) is 12.1 Å². The number of carbonyl (C=O) groups is 2. The van der Waals surface area contributed by atoms with Gasteiger partial charge >= 0.3 is 0 Å². The van der Waals surface area contributed by atoms with Gasteiger partial charge in [-0.2, -0.15) is 0 Å². The van der Waals surface area contributed by atoms with Crippen LogP contribution in [0.4, 0.5) is 5.69 Å². The molecule has 0 bridgehead atoms. The van der Waals surface area contributed by atoms with Crippen molar-refractivity contribution in [2.24, 2.45) is 0 Å². The van der Waals surface area contributed by atoms with Gasteiger partial charge in [0.25, 0.3) is 11.8 Å². The highest BCUT2D eigenvalue weighted by molar-refractivity contribution is 9.10. The lowest BCUT2D eigenvalue weighted by atomic mass is 10.1. The molecule has 0 aliphatic rings. The highest BCUT2D eigenvalue weighted by Gasteiger charge is 2.13. The minimum Gasteiger partial charge on any atom is -0.356 e. The first-order valence-electron chi connectivity index (χ1n) is 5.58. The van der Waals surface area contributed by atoms with Gasteiger partial charge in [0.05, 0.1) is 11.3 Å². The van der Waals surface area contributed by atoms with Crippen molar-refractivity contribution in [2.75, 3.05) is 12.4 Å². The van der Waals surface area contributed by atoms with Crippen LogP contribution in [0.2, 0.25) is 0 Å². The second-order valence-corrected chi connectivity index (χ2v) is 4.73. The lowest BCUT2D eigenvalue weighted by molar-refractivity contribution is 0.0964. The summed E-state index contributed by atoms with van der Waals surface area (Å²) in [6.07, 6.45) is 1.67. The van der Waals surface area contributed by atoms with Crippen molar-refractivity contribution in [1.29, 1.82) is 0 Å². The Morgan fingerprint density at radius 1 is 1.21 bits per heavy atom. The quantitative estimate of drug-likeness (QED) is 0.812. The third kappa shape index (κ3) is 3.03. The number of anilines is 1. The van der Waals surface area contributed by atoms with Gasteiger partial charge in [-0.05, 0) is 34.1 Å². The van der Waals surface area contributed by atoms with Crippen molar-refractivity contribution >= 4 is 33.4 Å². The first-order chi connectivity index (χ1) is 9.11. The van der Waals surface area contributed by atoms with E-state index in [0.717, 1.165) is 4.47 Å². The number of aromatic nitrogens is 1. The van der Waals surface area contributed by atoms with E-state index in [1.54, 1.807) is 43.6 Å². The Bertz CT molecular complexity index is 622. The molecule has 0 radical (unpaired) electrons. The number of benzene rings is 1. The monoisotopic (exact) mass is 321 g/mol. The molecule has 0 aliphatic carbocycles. The molecule has 0 saturated carbocycles. The van der Waals surface area contributed by atoms with E-state index < -0.39 is 0 Å². The summed E-state index contributed by atoms with van der Waals surface area (Å²) in [6.45, 7) is 0. The second kappa shape index (κ2) is 5.71. The van der Waals surface area contributed by atoms with Gasteiger partial charge in [0.2, 0.25) is 0 Å². The average molecular weight is 322 g/mol. The summed E-state index contributed by atoms with van der Waals surface area (Å²) >= 11 is 3.26. The fourth-order valence-electron chi connectivity index (χ4n) is 1.61. The van der Waals surface area contributed by atoms with Gasteiger partial charge < -0.3 is 15.6 Å². The summed E-state index contributed by atoms with van der Waals surface area (Å²) in [5, 5.41) is 5.24. The van der Waals surface area contributed by atoms with Gasteiger partial charge in [-0.25, -0.2) is 0 Å². The molecule has 0 atom stereocenters. The molecule has 0 aliphatic heterocycles. The Hall–Kier alpha value is -2.08. The minimum absolute atomic E-state index is 0.247. The van der Waals surface area contributed by atoms with Crippen LogP contribution in [0, 0.1) is 0 Å². The standard InChI is InChI=1S/C13H12BrN3O2/c1-15-12(18)9-4-2-3-5-10(9)17-13(19)11-6-8(14)7-16-11/h2-7,16H,1H3,(H,15,18)(H,17,19). The summed E-state index contributed by atoms with van der Waals surface area (Å²) in [4.78, 5) is 26.5. The van der Waals surface area contributed by atoms with E-state index in [1.807, 2.05) is 0 Å². The highest BCUT2D eigenvalue weighted by Crippen LogP contribution is 2.17. The second-order valence-electron chi connectivity index (χ2n) is 3.81. The first kappa shape index (κ1) is 13.4. The van der Waals surface area contributed by atoms with Crippen LogP contribution in [0.1, 0.15) is 20.8 Å². The number of nitrogens with one attached hydrogen (secondary N) is 3. The summed E-state index contributed by atoms with van der Waals surface area (Å²) in [7, 11) is 1.54. The Morgan fingerprint density at radius 2 is 1.95 bits per heavy atom. The number of aromatic amines is 1. The number of para-hydroxylation sites is 1. The van der Waals surface area contributed by atoms with Crippen molar-refractivity contribution < 1.29 is 9.59 Å². The van der Waals surface area contributed by atoms with Crippen LogP contribution in [0.3, 0.4) is 0 Å². The van der Waals surface area contributed by atoms with Crippen molar-refractivity contribution in [2.45, 2.75) is 0 Å². The van der Waals surface area contributed by atoms with Crippen LogP contribution in [0.25, 0.3) is 0 Å². The number of carbonyl (C=O) groups excluding carboxylic acids is 2. The van der Waals surface area contributed by atoms with Crippen molar-refractivity contribution in [1.82, 2.24) is 10.3 Å². The third-order valence-electron chi connectivity index (χ3n) is 2.54. The molecule has 0 spiro atoms. The van der Waals surface area contributed by atoms with Crippen LogP contribution in [-0.4, -0.2) is 23.8 Å². The molecule has 0 fully saturated rings. The number of H-pyrrole nitrogens is 1. The lowest BCUT2D eigenvalue weighted by Crippen LogP contribution is -2.21. The molecule has 2 aromatic rings. The molecule has 1 aromatic heterocycles. The summed E-state index contributed by atoms with van der Waals surface area (Å²) in [5.41, 5.74) is 1.31. The Morgan fingerprint density at radius 3 is 2.58 bits per heavy atom. The number of halogens is 1. The van der Waals surface area contributed by atoms with Gasteiger partial charge in [-0.3, -0.25) is 9.59 Å². The molecule has 2 rings (SSSR count). The smallest absolute Gasteiger partial charge is 0.272 e. The molecular formula is C13H12BrN3O2. The molecular weight excluding hydrogens is 310 g/mol. The molecule has 0 unspecified atom stereocenters. The molecule has 5 nitrogen and oxygen atoms in total. The van der Waals surface area contributed by atoms with Gasteiger partial charge in [0.1, 0.15) is 5.69 Å². The molecule has 98 valence electrons. The van der Waals surface area contributed by atoms with Gasteiger partial charge in [-0.15, -0.1) is 0 Å². The lowest BCUT2D eigenvalue weighted by Gasteiger charge is -2.09. The van der Waals surface area contributed by atoms with E-state index in [9.17, 15) is 9.59 Å². The van der Waals surface area contributed by atoms with Crippen molar-refractivity contribution in [3.63, 3.8) is 0 Å². The zero-order chi connectivity index (χ0) is 13.8. The number of amides is 2. The molecule has 3 N–H and O–H groups in total. The van der Waals surface area contributed by atoms with Crippen molar-refractivity contribution in [3.05, 3.63) is 52.3 Å². The number of rotatable bonds is 3. The predicted octanol–water partition coefficient (Wildman–Crippen LogP) is 2.39. The predicted molar refractivity (Wildman–Crippen MR) is 76.3 cm³/mol. The summed E-state index contributed by atoms with van der Waals surface area (Å²) in [5.74, 6) is -0.550. The molecule has 1 heterocycles. The molecule has 6 heteroatoms. The summed E-state index contributed by atoms with van der Waals surface area (Å²) < 4.78 is 0.789. The van der Waals surface area contributed by atoms with E-state index >= 15 is 0 Å². The van der Waals surface area contributed by atoms with E-state index in [0.29, 0.717) is 16.9 Å². The molecule has 19 heavy (non-hydrogen) atoms. The maximum Gasteiger partial charge on any atom is 0.272 e. The Balaban J connectivity index is 2.24. The zero-order valence-corrected chi connectivity index (χ0v) is 11.7. The number of hydrogen-bond donors (Lipinski definition) is 3. The zero-order valence-electron chi connectivity index (χ0n) is 10.2. The molecule has 2 amide bonds. The number of hydrogen-bond acceptors (Lipinski definition) is 2. The third-order valence-corrected chi connectivity index (χ3v) is 3.00. The van der Waals surface area contributed by atoms with Crippen LogP contribution < -0.4 is 10.6 Å². The minimum atomic E-state index is -0.304. The van der Waals surface area contributed by atoms with E-state index in [2.05, 4.69) is 31.5 Å².